The lowest BCUT2D eigenvalue weighted by Crippen LogP contribution is -1.88. The van der Waals surface area contributed by atoms with E-state index in [4.69, 9.17) is 11.6 Å². The van der Waals surface area contributed by atoms with Gasteiger partial charge in [0, 0.05) is 22.6 Å². The van der Waals surface area contributed by atoms with Gasteiger partial charge in [0.15, 0.2) is 14.6 Å². The highest BCUT2D eigenvalue weighted by Gasteiger charge is 2.04. The summed E-state index contributed by atoms with van der Waals surface area (Å²) < 4.78 is 0.615. The van der Waals surface area contributed by atoms with Crippen LogP contribution in [-0.2, 0) is 0 Å². The highest BCUT2D eigenvalue weighted by molar-refractivity contribution is 14.1. The fourth-order valence-corrected chi connectivity index (χ4v) is 1.62. The fourth-order valence-electron chi connectivity index (χ4n) is 0.775. The number of hydrogen-bond donors (Lipinski definition) is 1. The number of aromatic nitrogens is 4. The molecule has 0 saturated carbocycles. The molecule has 4 nitrogen and oxygen atoms in total. The van der Waals surface area contributed by atoms with Crippen LogP contribution in [0.3, 0.4) is 0 Å². The van der Waals surface area contributed by atoms with Gasteiger partial charge in [-0.25, -0.2) is 15.0 Å². The summed E-state index contributed by atoms with van der Waals surface area (Å²) in [5, 5.41) is 0.389. The number of nitrogens with zero attached hydrogens (tertiary/aromatic N) is 3. The zero-order chi connectivity index (χ0) is 7.84. The smallest absolute Gasteiger partial charge is 0.194 e. The van der Waals surface area contributed by atoms with Crippen LogP contribution in [0.2, 0.25) is 5.15 Å². The summed E-state index contributed by atoms with van der Waals surface area (Å²) in [6.45, 7) is 0. The number of nitrogens with one attached hydrogen (secondary N) is 1. The van der Waals surface area contributed by atoms with Crippen molar-refractivity contribution in [1.29, 1.82) is 0 Å². The lowest BCUT2D eigenvalue weighted by molar-refractivity contribution is 1.14. The lowest BCUT2D eigenvalue weighted by Gasteiger charge is -1.91. The van der Waals surface area contributed by atoms with Gasteiger partial charge in [-0.05, 0) is 0 Å². The summed E-state index contributed by atoms with van der Waals surface area (Å²) >= 11 is 7.76. The topological polar surface area (TPSA) is 54.5 Å². The lowest BCUT2D eigenvalue weighted by atomic mass is 10.6. The molecule has 2 rings (SSSR count). The van der Waals surface area contributed by atoms with Crippen molar-refractivity contribution in [2.45, 2.75) is 0 Å². The first-order chi connectivity index (χ1) is 5.27. The predicted octanol–water partition coefficient (Wildman–Crippen LogP) is 1.61. The summed E-state index contributed by atoms with van der Waals surface area (Å²) in [6, 6.07) is 0. The third-order valence-electron chi connectivity index (χ3n) is 1.21. The van der Waals surface area contributed by atoms with E-state index in [0.29, 0.717) is 20.1 Å². The van der Waals surface area contributed by atoms with Crippen LogP contribution in [-0.4, -0.2) is 19.9 Å². The molecule has 0 saturated heterocycles. The maximum atomic E-state index is 5.77. The van der Waals surface area contributed by atoms with Gasteiger partial charge < -0.3 is 4.98 Å². The molecule has 0 bridgehead atoms. The second-order valence-corrected chi connectivity index (χ2v) is 3.21. The van der Waals surface area contributed by atoms with Gasteiger partial charge in [0.1, 0.15) is 5.52 Å². The van der Waals surface area contributed by atoms with E-state index in [1.54, 1.807) is 6.33 Å². The van der Waals surface area contributed by atoms with Crippen LogP contribution >= 0.6 is 34.2 Å². The number of H-pyrrole nitrogens is 1. The average Bonchev–Trinajstić information content (AvgIpc) is 2.34. The van der Waals surface area contributed by atoms with E-state index in [9.17, 15) is 0 Å². The van der Waals surface area contributed by atoms with Gasteiger partial charge in [0.05, 0.1) is 6.33 Å². The Hall–Kier alpha value is -0.430. The summed E-state index contributed by atoms with van der Waals surface area (Å²) in [7, 11) is 0. The number of fused-ring (bicyclic) bond motifs is 1. The number of aromatic amines is 1. The van der Waals surface area contributed by atoms with Crippen molar-refractivity contribution in [2.24, 2.45) is 0 Å². The molecule has 2 aromatic heterocycles. The highest BCUT2D eigenvalue weighted by Crippen LogP contribution is 2.16. The van der Waals surface area contributed by atoms with Crippen LogP contribution in [0.25, 0.3) is 11.2 Å². The maximum Gasteiger partial charge on any atom is 0.194 e. The SMILES string of the molecule is Clc1nc(I)nc2[nH]cnc12. The van der Waals surface area contributed by atoms with Gasteiger partial charge in [-0.2, -0.15) is 0 Å². The summed E-state index contributed by atoms with van der Waals surface area (Å²) in [6.07, 6.45) is 1.54. The van der Waals surface area contributed by atoms with Crippen molar-refractivity contribution in [2.75, 3.05) is 0 Å². The zero-order valence-corrected chi connectivity index (χ0v) is 8.09. The van der Waals surface area contributed by atoms with Gasteiger partial charge in [-0.3, -0.25) is 0 Å². The van der Waals surface area contributed by atoms with Crippen molar-refractivity contribution >= 4 is 45.4 Å². The number of halogens is 2. The Labute approximate surface area is 80.5 Å². The summed E-state index contributed by atoms with van der Waals surface area (Å²) in [5.41, 5.74) is 1.29. The van der Waals surface area contributed by atoms with E-state index < -0.39 is 0 Å². The Kier molecular flexibility index (Phi) is 1.68. The molecule has 1 N–H and O–H groups in total. The van der Waals surface area contributed by atoms with Crippen molar-refractivity contribution < 1.29 is 0 Å². The van der Waals surface area contributed by atoms with Gasteiger partial charge in [-0.15, -0.1) is 0 Å². The van der Waals surface area contributed by atoms with Crippen LogP contribution in [0.1, 0.15) is 0 Å². The minimum atomic E-state index is 0.389. The fraction of sp³-hybridized carbons (Fsp3) is 0. The van der Waals surface area contributed by atoms with Crippen molar-refractivity contribution in [3.05, 3.63) is 15.3 Å². The van der Waals surface area contributed by atoms with Gasteiger partial charge in [0.2, 0.25) is 0 Å². The van der Waals surface area contributed by atoms with Crippen molar-refractivity contribution in [3.63, 3.8) is 0 Å². The van der Waals surface area contributed by atoms with Crippen LogP contribution < -0.4 is 0 Å². The second kappa shape index (κ2) is 2.56. The highest BCUT2D eigenvalue weighted by atomic mass is 127. The van der Waals surface area contributed by atoms with Crippen LogP contribution in [0, 0.1) is 3.83 Å². The van der Waals surface area contributed by atoms with Crippen LogP contribution in [0.15, 0.2) is 6.33 Å². The van der Waals surface area contributed by atoms with Gasteiger partial charge in [0.25, 0.3) is 0 Å². The molecule has 6 heteroatoms. The van der Waals surface area contributed by atoms with Crippen molar-refractivity contribution in [3.8, 4) is 0 Å². The molecule has 56 valence electrons. The molecule has 11 heavy (non-hydrogen) atoms. The number of rotatable bonds is 0. The zero-order valence-electron chi connectivity index (χ0n) is 5.17. The molecule has 0 radical (unpaired) electrons. The van der Waals surface area contributed by atoms with E-state index in [2.05, 4.69) is 19.9 Å². The third kappa shape index (κ3) is 1.18. The van der Waals surface area contributed by atoms with Gasteiger partial charge in [-0.1, -0.05) is 11.6 Å². The molecule has 0 aliphatic rings. The Balaban J connectivity index is 2.91. The third-order valence-corrected chi connectivity index (χ3v) is 1.96. The van der Waals surface area contributed by atoms with E-state index in [-0.39, 0.29) is 0 Å². The standard InChI is InChI=1S/C5H2ClIN4/c6-3-2-4(9-1-8-2)11-5(7)10-3/h1H,(H,8,9,10,11). The molecule has 0 aliphatic carbocycles. The molecular weight excluding hydrogens is 278 g/mol. The number of imidazole rings is 1. The molecule has 0 aromatic carbocycles. The Morgan fingerprint density at radius 1 is 1.45 bits per heavy atom. The molecule has 0 atom stereocenters. The van der Waals surface area contributed by atoms with Crippen molar-refractivity contribution in [1.82, 2.24) is 19.9 Å². The summed E-state index contributed by atoms with van der Waals surface area (Å²) in [4.78, 5) is 14.8. The van der Waals surface area contributed by atoms with Crippen LogP contribution in [0.4, 0.5) is 0 Å². The van der Waals surface area contributed by atoms with Crippen LogP contribution in [0.5, 0.6) is 0 Å². The number of hydrogen-bond acceptors (Lipinski definition) is 3. The normalized spacial score (nSPS) is 10.7. The molecule has 2 aromatic rings. The monoisotopic (exact) mass is 280 g/mol. The minimum absolute atomic E-state index is 0.389. The van der Waals surface area contributed by atoms with E-state index in [1.165, 1.54) is 0 Å². The molecule has 0 fully saturated rings. The largest absolute Gasteiger partial charge is 0.329 e. The molecule has 0 spiro atoms. The van der Waals surface area contributed by atoms with E-state index in [0.717, 1.165) is 0 Å². The quantitative estimate of drug-likeness (QED) is 0.453. The van der Waals surface area contributed by atoms with Gasteiger partial charge >= 0.3 is 0 Å². The first kappa shape index (κ1) is 7.23. The maximum absolute atomic E-state index is 5.77. The Bertz CT molecular complexity index is 398. The predicted molar refractivity (Wildman–Crippen MR) is 49.4 cm³/mol. The average molecular weight is 280 g/mol. The first-order valence-electron chi connectivity index (χ1n) is 2.79. The Morgan fingerprint density at radius 2 is 2.27 bits per heavy atom. The first-order valence-corrected chi connectivity index (χ1v) is 4.25. The van der Waals surface area contributed by atoms with E-state index in [1.807, 2.05) is 22.6 Å². The molecule has 0 aliphatic heterocycles. The minimum Gasteiger partial charge on any atom is -0.329 e. The molecule has 0 unspecified atom stereocenters. The second-order valence-electron chi connectivity index (χ2n) is 1.88. The molecular formula is C5H2ClIN4. The summed E-state index contributed by atoms with van der Waals surface area (Å²) in [5.74, 6) is 0. The molecule has 0 amide bonds. The van der Waals surface area contributed by atoms with E-state index >= 15 is 0 Å². The molecule has 2 heterocycles. The Morgan fingerprint density at radius 3 is 3.09 bits per heavy atom.